The number of amides is 1. The fourth-order valence-electron chi connectivity index (χ4n) is 2.05. The van der Waals surface area contributed by atoms with Gasteiger partial charge in [-0.05, 0) is 18.9 Å². The van der Waals surface area contributed by atoms with Gasteiger partial charge in [0, 0.05) is 5.33 Å². The van der Waals surface area contributed by atoms with Crippen LogP contribution in [0.25, 0.3) is 0 Å². The summed E-state index contributed by atoms with van der Waals surface area (Å²) in [5, 5.41) is 3.92. The molecule has 0 spiro atoms. The molecule has 1 fully saturated rings. The number of hydrogen-bond acceptors (Lipinski definition) is 2. The van der Waals surface area contributed by atoms with Crippen molar-refractivity contribution < 1.29 is 9.21 Å². The Hall–Kier alpha value is -0.770. The number of halogens is 1. The molecule has 0 aliphatic heterocycles. The summed E-state index contributed by atoms with van der Waals surface area (Å²) < 4.78 is 4.89. The maximum absolute atomic E-state index is 11.8. The fourth-order valence-corrected chi connectivity index (χ4v) is 2.75. The van der Waals surface area contributed by atoms with E-state index in [0.29, 0.717) is 5.56 Å². The number of carbonyl (C=O) groups excluding carboxylic acids is 1. The molecule has 1 aliphatic rings. The van der Waals surface area contributed by atoms with E-state index in [9.17, 15) is 4.79 Å². The third-order valence-electron chi connectivity index (χ3n) is 2.98. The fraction of sp³-hybridized carbons (Fsp3) is 0.545. The Bertz CT molecular complexity index is 328. The van der Waals surface area contributed by atoms with Gasteiger partial charge in [0.25, 0.3) is 5.91 Å². The van der Waals surface area contributed by atoms with Crippen LogP contribution in [0.5, 0.6) is 0 Å². The van der Waals surface area contributed by atoms with E-state index in [1.165, 1.54) is 25.4 Å². The largest absolute Gasteiger partial charge is 0.472 e. The van der Waals surface area contributed by atoms with E-state index < -0.39 is 0 Å². The van der Waals surface area contributed by atoms with Gasteiger partial charge in [-0.3, -0.25) is 4.79 Å². The molecule has 4 heteroatoms. The average Bonchev–Trinajstić information content (AvgIpc) is 2.88. The van der Waals surface area contributed by atoms with Gasteiger partial charge >= 0.3 is 0 Å². The summed E-state index contributed by atoms with van der Waals surface area (Å²) in [5.74, 6) is -0.0369. The summed E-state index contributed by atoms with van der Waals surface area (Å²) in [7, 11) is 0. The minimum absolute atomic E-state index is 0.0369. The van der Waals surface area contributed by atoms with Crippen LogP contribution in [-0.4, -0.2) is 16.8 Å². The zero-order valence-corrected chi connectivity index (χ0v) is 10.0. The Kier molecular flexibility index (Phi) is 3.14. The Morgan fingerprint density at radius 2 is 2.27 bits per heavy atom. The molecule has 0 unspecified atom stereocenters. The van der Waals surface area contributed by atoms with Crippen molar-refractivity contribution in [3.05, 3.63) is 24.2 Å². The average molecular weight is 272 g/mol. The highest BCUT2D eigenvalue weighted by atomic mass is 79.9. The van der Waals surface area contributed by atoms with Gasteiger partial charge in [-0.25, -0.2) is 0 Å². The molecule has 82 valence electrons. The Labute approximate surface area is 97.4 Å². The molecule has 2 rings (SSSR count). The van der Waals surface area contributed by atoms with Crippen LogP contribution in [0.15, 0.2) is 23.0 Å². The van der Waals surface area contributed by atoms with E-state index in [4.69, 9.17) is 4.42 Å². The van der Waals surface area contributed by atoms with Crippen molar-refractivity contribution >= 4 is 21.8 Å². The second-order valence-corrected chi connectivity index (χ2v) is 4.65. The summed E-state index contributed by atoms with van der Waals surface area (Å²) in [5.41, 5.74) is 0.552. The lowest BCUT2D eigenvalue weighted by Gasteiger charge is -2.27. The van der Waals surface area contributed by atoms with E-state index in [1.54, 1.807) is 6.07 Å². The van der Waals surface area contributed by atoms with Crippen LogP contribution in [0.4, 0.5) is 0 Å². The molecule has 0 radical (unpaired) electrons. The van der Waals surface area contributed by atoms with Crippen LogP contribution < -0.4 is 5.32 Å². The molecule has 3 nitrogen and oxygen atoms in total. The molecule has 1 N–H and O–H groups in total. The minimum Gasteiger partial charge on any atom is -0.472 e. The lowest BCUT2D eigenvalue weighted by Crippen LogP contribution is -2.47. The first-order valence-corrected chi connectivity index (χ1v) is 6.29. The summed E-state index contributed by atoms with van der Waals surface area (Å²) in [4.78, 5) is 11.8. The molecule has 0 atom stereocenters. The second-order valence-electron chi connectivity index (χ2n) is 4.09. The van der Waals surface area contributed by atoms with Crippen molar-refractivity contribution in [2.24, 2.45) is 0 Å². The van der Waals surface area contributed by atoms with Gasteiger partial charge in [-0.15, -0.1) is 0 Å². The molecule has 15 heavy (non-hydrogen) atoms. The lowest BCUT2D eigenvalue weighted by atomic mass is 10.0. The molecule has 1 aromatic heterocycles. The van der Waals surface area contributed by atoms with Gasteiger partial charge in [0.15, 0.2) is 0 Å². The SMILES string of the molecule is O=C(NC1(CBr)CCCC1)c1ccoc1. The molecule has 1 amide bonds. The zero-order valence-electron chi connectivity index (χ0n) is 8.46. The summed E-state index contributed by atoms with van der Waals surface area (Å²) in [6.45, 7) is 0. The maximum Gasteiger partial charge on any atom is 0.254 e. The highest BCUT2D eigenvalue weighted by Gasteiger charge is 2.34. The second kappa shape index (κ2) is 4.39. The van der Waals surface area contributed by atoms with Gasteiger partial charge < -0.3 is 9.73 Å². The molecule has 1 saturated carbocycles. The molecular weight excluding hydrogens is 258 g/mol. The third-order valence-corrected chi connectivity index (χ3v) is 4.05. The van der Waals surface area contributed by atoms with Crippen LogP contribution in [0, 0.1) is 0 Å². The van der Waals surface area contributed by atoms with Gasteiger partial charge in [0.05, 0.1) is 17.4 Å². The smallest absolute Gasteiger partial charge is 0.254 e. The monoisotopic (exact) mass is 271 g/mol. The number of nitrogens with one attached hydrogen (secondary N) is 1. The number of alkyl halides is 1. The first kappa shape index (κ1) is 10.7. The summed E-state index contributed by atoms with van der Waals surface area (Å²) in [6.07, 6.45) is 7.49. The highest BCUT2D eigenvalue weighted by molar-refractivity contribution is 9.09. The van der Waals surface area contributed by atoms with Crippen LogP contribution in [0.1, 0.15) is 36.0 Å². The van der Waals surface area contributed by atoms with Crippen molar-refractivity contribution in [2.45, 2.75) is 31.2 Å². The number of carbonyl (C=O) groups is 1. The van der Waals surface area contributed by atoms with E-state index >= 15 is 0 Å². The molecule has 0 aromatic carbocycles. The number of rotatable bonds is 3. The maximum atomic E-state index is 11.8. The summed E-state index contributed by atoms with van der Waals surface area (Å²) >= 11 is 3.49. The van der Waals surface area contributed by atoms with Crippen LogP contribution in [0.3, 0.4) is 0 Å². The van der Waals surface area contributed by atoms with Crippen molar-refractivity contribution in [1.82, 2.24) is 5.32 Å². The third kappa shape index (κ3) is 2.25. The Morgan fingerprint density at radius 3 is 2.80 bits per heavy atom. The van der Waals surface area contributed by atoms with Gasteiger partial charge in [-0.1, -0.05) is 28.8 Å². The number of furan rings is 1. The zero-order chi connectivity index (χ0) is 10.7. The van der Waals surface area contributed by atoms with E-state index in [1.807, 2.05) is 0 Å². The quantitative estimate of drug-likeness (QED) is 0.859. The normalized spacial score (nSPS) is 19.0. The van der Waals surface area contributed by atoms with E-state index in [2.05, 4.69) is 21.2 Å². The molecular formula is C11H14BrNO2. The minimum atomic E-state index is -0.0473. The van der Waals surface area contributed by atoms with Crippen molar-refractivity contribution in [2.75, 3.05) is 5.33 Å². The molecule has 1 heterocycles. The Morgan fingerprint density at radius 1 is 1.53 bits per heavy atom. The molecule has 1 aromatic rings. The van der Waals surface area contributed by atoms with Crippen molar-refractivity contribution in [3.8, 4) is 0 Å². The van der Waals surface area contributed by atoms with Crippen LogP contribution in [0.2, 0.25) is 0 Å². The molecule has 1 aliphatic carbocycles. The van der Waals surface area contributed by atoms with Gasteiger partial charge in [0.1, 0.15) is 6.26 Å². The predicted octanol–water partition coefficient (Wildman–Crippen LogP) is 2.72. The summed E-state index contributed by atoms with van der Waals surface area (Å²) in [6, 6.07) is 1.69. The first-order valence-electron chi connectivity index (χ1n) is 5.16. The highest BCUT2D eigenvalue weighted by Crippen LogP contribution is 2.31. The van der Waals surface area contributed by atoms with Crippen molar-refractivity contribution in [1.29, 1.82) is 0 Å². The predicted molar refractivity (Wildman–Crippen MR) is 61.2 cm³/mol. The Balaban J connectivity index is 2.04. The standard InChI is InChI=1S/C11H14BrNO2/c12-8-11(4-1-2-5-11)13-10(14)9-3-6-15-7-9/h3,6-7H,1-2,4-5,8H2,(H,13,14). The van der Waals surface area contributed by atoms with Gasteiger partial charge in [-0.2, -0.15) is 0 Å². The van der Waals surface area contributed by atoms with Crippen LogP contribution >= 0.6 is 15.9 Å². The van der Waals surface area contributed by atoms with Gasteiger partial charge in [0.2, 0.25) is 0 Å². The first-order chi connectivity index (χ1) is 7.26. The molecule has 0 saturated heterocycles. The number of hydrogen-bond donors (Lipinski definition) is 1. The van der Waals surface area contributed by atoms with Crippen molar-refractivity contribution in [3.63, 3.8) is 0 Å². The van der Waals surface area contributed by atoms with Crippen LogP contribution in [-0.2, 0) is 0 Å². The van der Waals surface area contributed by atoms with E-state index in [-0.39, 0.29) is 11.4 Å². The lowest BCUT2D eigenvalue weighted by molar-refractivity contribution is 0.0910. The topological polar surface area (TPSA) is 42.2 Å². The van der Waals surface area contributed by atoms with E-state index in [0.717, 1.165) is 18.2 Å². The molecule has 0 bridgehead atoms.